The molecule has 14 heavy (non-hydrogen) atoms. The standard InChI is InChI=1S/C12H19NO/c1-3-5-6-7-8-13-10-11(4-2)9-12(13)14/h2,11H,3,5-10H2,1H3. The fourth-order valence-electron chi connectivity index (χ4n) is 1.83. The molecule has 0 N–H and O–H groups in total. The maximum atomic E-state index is 11.4. The van der Waals surface area contributed by atoms with Crippen LogP contribution in [0.5, 0.6) is 0 Å². The van der Waals surface area contributed by atoms with E-state index in [-0.39, 0.29) is 11.8 Å². The van der Waals surface area contributed by atoms with Crippen LogP contribution in [0, 0.1) is 18.3 Å². The Morgan fingerprint density at radius 1 is 1.50 bits per heavy atom. The van der Waals surface area contributed by atoms with Gasteiger partial charge in [-0.15, -0.1) is 12.3 Å². The third-order valence-corrected chi connectivity index (χ3v) is 2.73. The number of likely N-dealkylation sites (tertiary alicyclic amines) is 1. The fraction of sp³-hybridized carbons (Fsp3) is 0.750. The lowest BCUT2D eigenvalue weighted by Gasteiger charge is -2.15. The Hall–Kier alpha value is -0.970. The van der Waals surface area contributed by atoms with Crippen molar-refractivity contribution < 1.29 is 4.79 Å². The molecule has 0 spiro atoms. The van der Waals surface area contributed by atoms with Crippen molar-refractivity contribution in [1.82, 2.24) is 4.90 Å². The van der Waals surface area contributed by atoms with Crippen LogP contribution in [-0.4, -0.2) is 23.9 Å². The minimum Gasteiger partial charge on any atom is -0.341 e. The minimum atomic E-state index is 0.161. The molecule has 1 aliphatic rings. The van der Waals surface area contributed by atoms with Crippen molar-refractivity contribution in [2.75, 3.05) is 13.1 Å². The van der Waals surface area contributed by atoms with Gasteiger partial charge in [-0.2, -0.15) is 0 Å². The zero-order chi connectivity index (χ0) is 10.4. The largest absolute Gasteiger partial charge is 0.341 e. The Labute approximate surface area is 86.7 Å². The van der Waals surface area contributed by atoms with Crippen LogP contribution in [-0.2, 0) is 4.79 Å². The Morgan fingerprint density at radius 2 is 2.29 bits per heavy atom. The summed E-state index contributed by atoms with van der Waals surface area (Å²) >= 11 is 0. The highest BCUT2D eigenvalue weighted by Crippen LogP contribution is 2.17. The highest BCUT2D eigenvalue weighted by molar-refractivity contribution is 5.79. The Bertz CT molecular complexity index is 229. The molecule has 1 heterocycles. The van der Waals surface area contributed by atoms with Gasteiger partial charge in [-0.1, -0.05) is 26.2 Å². The van der Waals surface area contributed by atoms with Gasteiger partial charge >= 0.3 is 0 Å². The van der Waals surface area contributed by atoms with E-state index in [1.54, 1.807) is 0 Å². The molecular formula is C12H19NO. The fourth-order valence-corrected chi connectivity index (χ4v) is 1.83. The summed E-state index contributed by atoms with van der Waals surface area (Å²) in [6, 6.07) is 0. The molecule has 1 atom stereocenters. The van der Waals surface area contributed by atoms with E-state index >= 15 is 0 Å². The van der Waals surface area contributed by atoms with E-state index in [1.807, 2.05) is 4.90 Å². The van der Waals surface area contributed by atoms with Crippen LogP contribution in [0.2, 0.25) is 0 Å². The van der Waals surface area contributed by atoms with Gasteiger partial charge in [0.25, 0.3) is 0 Å². The molecule has 2 heteroatoms. The third kappa shape index (κ3) is 3.06. The predicted molar refractivity (Wildman–Crippen MR) is 57.7 cm³/mol. The van der Waals surface area contributed by atoms with Gasteiger partial charge in [0, 0.05) is 25.4 Å². The lowest BCUT2D eigenvalue weighted by Crippen LogP contribution is -2.26. The maximum absolute atomic E-state index is 11.4. The molecule has 2 nitrogen and oxygen atoms in total. The molecule has 0 aromatic carbocycles. The van der Waals surface area contributed by atoms with Crippen molar-refractivity contribution in [1.29, 1.82) is 0 Å². The molecule has 1 rings (SSSR count). The minimum absolute atomic E-state index is 0.161. The number of terminal acetylenes is 1. The molecule has 1 amide bonds. The summed E-state index contributed by atoms with van der Waals surface area (Å²) < 4.78 is 0. The van der Waals surface area contributed by atoms with Crippen LogP contribution in [0.3, 0.4) is 0 Å². The van der Waals surface area contributed by atoms with Crippen LogP contribution in [0.4, 0.5) is 0 Å². The number of hydrogen-bond donors (Lipinski definition) is 0. The van der Waals surface area contributed by atoms with Crippen LogP contribution >= 0.6 is 0 Å². The summed E-state index contributed by atoms with van der Waals surface area (Å²) in [5, 5.41) is 0. The van der Waals surface area contributed by atoms with Crippen molar-refractivity contribution in [2.45, 2.75) is 39.0 Å². The Morgan fingerprint density at radius 3 is 2.86 bits per heavy atom. The summed E-state index contributed by atoms with van der Waals surface area (Å²) in [4.78, 5) is 13.4. The first-order chi connectivity index (χ1) is 6.77. The number of amides is 1. The van der Waals surface area contributed by atoms with Crippen molar-refractivity contribution in [3.8, 4) is 12.3 Å². The lowest BCUT2D eigenvalue weighted by atomic mass is 10.1. The van der Waals surface area contributed by atoms with Gasteiger partial charge in [0.1, 0.15) is 0 Å². The zero-order valence-electron chi connectivity index (χ0n) is 8.96. The number of hydrogen-bond acceptors (Lipinski definition) is 1. The second kappa shape index (κ2) is 5.70. The van der Waals surface area contributed by atoms with Crippen LogP contribution in [0.25, 0.3) is 0 Å². The van der Waals surface area contributed by atoms with Gasteiger partial charge < -0.3 is 4.90 Å². The monoisotopic (exact) mass is 193 g/mol. The van der Waals surface area contributed by atoms with Gasteiger partial charge in [0.15, 0.2) is 0 Å². The highest BCUT2D eigenvalue weighted by Gasteiger charge is 2.27. The quantitative estimate of drug-likeness (QED) is 0.483. The zero-order valence-corrected chi connectivity index (χ0v) is 8.96. The number of rotatable bonds is 5. The third-order valence-electron chi connectivity index (χ3n) is 2.73. The van der Waals surface area contributed by atoms with Crippen molar-refractivity contribution in [3.63, 3.8) is 0 Å². The van der Waals surface area contributed by atoms with Crippen LogP contribution in [0.15, 0.2) is 0 Å². The highest BCUT2D eigenvalue weighted by atomic mass is 16.2. The van der Waals surface area contributed by atoms with Gasteiger partial charge in [0.05, 0.1) is 0 Å². The first-order valence-corrected chi connectivity index (χ1v) is 5.51. The SMILES string of the molecule is C#CC1CC(=O)N(CCCCCC)C1. The van der Waals surface area contributed by atoms with Gasteiger partial charge in [-0.05, 0) is 6.42 Å². The molecule has 0 radical (unpaired) electrons. The number of carbonyl (C=O) groups excluding carboxylic acids is 1. The molecular weight excluding hydrogens is 174 g/mol. The van der Waals surface area contributed by atoms with E-state index in [1.165, 1.54) is 19.3 Å². The van der Waals surface area contributed by atoms with E-state index < -0.39 is 0 Å². The van der Waals surface area contributed by atoms with Gasteiger partial charge in [-0.3, -0.25) is 4.79 Å². The molecule has 1 saturated heterocycles. The summed E-state index contributed by atoms with van der Waals surface area (Å²) in [7, 11) is 0. The number of carbonyl (C=O) groups is 1. The molecule has 78 valence electrons. The molecule has 1 aliphatic heterocycles. The Balaban J connectivity index is 2.19. The van der Waals surface area contributed by atoms with Gasteiger partial charge in [0.2, 0.25) is 5.91 Å². The predicted octanol–water partition coefficient (Wildman–Crippen LogP) is 2.05. The second-order valence-corrected chi connectivity index (χ2v) is 3.97. The second-order valence-electron chi connectivity index (χ2n) is 3.97. The molecule has 1 unspecified atom stereocenters. The normalized spacial score (nSPS) is 21.3. The van der Waals surface area contributed by atoms with Crippen LogP contribution < -0.4 is 0 Å². The lowest BCUT2D eigenvalue weighted by molar-refractivity contribution is -0.127. The first kappa shape index (κ1) is 11.1. The number of unbranched alkanes of at least 4 members (excludes halogenated alkanes) is 3. The van der Waals surface area contributed by atoms with E-state index in [4.69, 9.17) is 6.42 Å². The average Bonchev–Trinajstić information content (AvgIpc) is 2.54. The van der Waals surface area contributed by atoms with Gasteiger partial charge in [-0.25, -0.2) is 0 Å². The average molecular weight is 193 g/mol. The summed E-state index contributed by atoms with van der Waals surface area (Å²) in [6.45, 7) is 3.87. The van der Waals surface area contributed by atoms with E-state index in [2.05, 4.69) is 12.8 Å². The van der Waals surface area contributed by atoms with Crippen LogP contribution in [0.1, 0.15) is 39.0 Å². The summed E-state index contributed by atoms with van der Waals surface area (Å²) in [5.41, 5.74) is 0. The summed E-state index contributed by atoms with van der Waals surface area (Å²) in [5.74, 6) is 3.06. The molecule has 0 aromatic rings. The molecule has 0 aliphatic carbocycles. The number of nitrogens with zero attached hydrogens (tertiary/aromatic N) is 1. The molecule has 1 fully saturated rings. The first-order valence-electron chi connectivity index (χ1n) is 5.51. The summed E-state index contributed by atoms with van der Waals surface area (Å²) in [6.07, 6.45) is 10.7. The molecule has 0 bridgehead atoms. The van der Waals surface area contributed by atoms with Crippen molar-refractivity contribution in [3.05, 3.63) is 0 Å². The molecule has 0 saturated carbocycles. The van der Waals surface area contributed by atoms with Crippen molar-refractivity contribution >= 4 is 5.91 Å². The van der Waals surface area contributed by atoms with E-state index in [0.717, 1.165) is 19.5 Å². The molecule has 0 aromatic heterocycles. The Kier molecular flexibility index (Phi) is 4.52. The van der Waals surface area contributed by atoms with Crippen molar-refractivity contribution in [2.24, 2.45) is 5.92 Å². The maximum Gasteiger partial charge on any atom is 0.223 e. The smallest absolute Gasteiger partial charge is 0.223 e. The van der Waals surface area contributed by atoms with E-state index in [9.17, 15) is 4.79 Å². The topological polar surface area (TPSA) is 20.3 Å². The van der Waals surface area contributed by atoms with E-state index in [0.29, 0.717) is 6.42 Å².